The van der Waals surface area contributed by atoms with E-state index in [4.69, 9.17) is 31.9 Å². The fourth-order valence-electron chi connectivity index (χ4n) is 1.75. The van der Waals surface area contributed by atoms with Gasteiger partial charge in [0.25, 0.3) is 5.91 Å². The number of nitrogens with two attached hydrogens (primary N) is 1. The number of aliphatic hydroxyl groups is 1. The second-order valence-electron chi connectivity index (χ2n) is 4.47. The lowest BCUT2D eigenvalue weighted by Crippen LogP contribution is -2.20. The summed E-state index contributed by atoms with van der Waals surface area (Å²) in [5.41, 5.74) is 5.98. The molecule has 0 atom stereocenters. The molecule has 0 bridgehead atoms. The fourth-order valence-corrected chi connectivity index (χ4v) is 2.04. The minimum absolute atomic E-state index is 0.202. The SMILES string of the molecule is COc1cc(CNCCCCO)cc(Cl)c1OCC(N)=O. The molecule has 0 fully saturated rings. The van der Waals surface area contributed by atoms with Gasteiger partial charge in [-0.05, 0) is 37.1 Å². The van der Waals surface area contributed by atoms with Crippen LogP contribution in [0, 0.1) is 0 Å². The first kappa shape index (κ1) is 17.6. The van der Waals surface area contributed by atoms with Crippen LogP contribution in [0.4, 0.5) is 0 Å². The number of carbonyl (C=O) groups is 1. The lowest BCUT2D eigenvalue weighted by molar-refractivity contribution is -0.119. The first-order valence-corrected chi connectivity index (χ1v) is 7.05. The van der Waals surface area contributed by atoms with Crippen LogP contribution in [0.5, 0.6) is 11.5 Å². The van der Waals surface area contributed by atoms with Crippen molar-refractivity contribution in [1.82, 2.24) is 5.32 Å². The molecule has 6 nitrogen and oxygen atoms in total. The summed E-state index contributed by atoms with van der Waals surface area (Å²) in [5, 5.41) is 12.3. The number of halogens is 1. The van der Waals surface area contributed by atoms with Crippen LogP contribution in [-0.2, 0) is 11.3 Å². The smallest absolute Gasteiger partial charge is 0.255 e. The molecule has 1 aromatic carbocycles. The molecule has 0 aliphatic carbocycles. The summed E-state index contributed by atoms with van der Waals surface area (Å²) in [7, 11) is 1.50. The highest BCUT2D eigenvalue weighted by molar-refractivity contribution is 6.32. The van der Waals surface area contributed by atoms with Crippen molar-refractivity contribution in [3.8, 4) is 11.5 Å². The average Bonchev–Trinajstić information content (AvgIpc) is 2.45. The molecule has 0 unspecified atom stereocenters. The highest BCUT2D eigenvalue weighted by Gasteiger charge is 2.13. The van der Waals surface area contributed by atoms with Gasteiger partial charge in [0, 0.05) is 13.2 Å². The van der Waals surface area contributed by atoms with E-state index in [2.05, 4.69) is 5.32 Å². The number of unbranched alkanes of at least 4 members (excludes halogenated alkanes) is 1. The van der Waals surface area contributed by atoms with Crippen LogP contribution in [0.3, 0.4) is 0 Å². The molecule has 21 heavy (non-hydrogen) atoms. The number of aliphatic hydroxyl groups excluding tert-OH is 1. The predicted octanol–water partition coefficient (Wildman–Crippen LogP) is 1.07. The van der Waals surface area contributed by atoms with Crippen LogP contribution in [-0.4, -0.2) is 37.9 Å². The lowest BCUT2D eigenvalue weighted by Gasteiger charge is -2.13. The Balaban J connectivity index is 2.67. The lowest BCUT2D eigenvalue weighted by atomic mass is 10.2. The van der Waals surface area contributed by atoms with E-state index in [1.54, 1.807) is 12.1 Å². The van der Waals surface area contributed by atoms with Crippen molar-refractivity contribution in [3.05, 3.63) is 22.7 Å². The number of nitrogens with one attached hydrogen (secondary N) is 1. The minimum Gasteiger partial charge on any atom is -0.493 e. The van der Waals surface area contributed by atoms with Crippen LogP contribution in [0.2, 0.25) is 5.02 Å². The van der Waals surface area contributed by atoms with Gasteiger partial charge in [0.1, 0.15) is 0 Å². The Kier molecular flexibility index (Phi) is 7.89. The Hall–Kier alpha value is -1.50. The second-order valence-corrected chi connectivity index (χ2v) is 4.88. The molecule has 4 N–H and O–H groups in total. The Labute approximate surface area is 129 Å². The molecule has 7 heteroatoms. The third-order valence-electron chi connectivity index (χ3n) is 2.74. The summed E-state index contributed by atoms with van der Waals surface area (Å²) in [6, 6.07) is 3.54. The van der Waals surface area contributed by atoms with Gasteiger partial charge >= 0.3 is 0 Å². The van der Waals surface area contributed by atoms with Gasteiger partial charge in [-0.15, -0.1) is 0 Å². The molecular formula is C14H21ClN2O4. The Morgan fingerprint density at radius 3 is 2.81 bits per heavy atom. The predicted molar refractivity (Wildman–Crippen MR) is 80.7 cm³/mol. The van der Waals surface area contributed by atoms with Gasteiger partial charge < -0.3 is 25.6 Å². The van der Waals surface area contributed by atoms with Crippen molar-refractivity contribution in [2.75, 3.05) is 26.9 Å². The molecule has 0 aliphatic rings. The number of amides is 1. The minimum atomic E-state index is -0.581. The van der Waals surface area contributed by atoms with Gasteiger partial charge in [-0.1, -0.05) is 11.6 Å². The zero-order valence-electron chi connectivity index (χ0n) is 12.0. The first-order chi connectivity index (χ1) is 10.1. The summed E-state index contributed by atoms with van der Waals surface area (Å²) in [5.74, 6) is 0.181. The van der Waals surface area contributed by atoms with E-state index in [1.165, 1.54) is 7.11 Å². The summed E-state index contributed by atoms with van der Waals surface area (Å²) in [6.45, 7) is 1.38. The summed E-state index contributed by atoms with van der Waals surface area (Å²) in [6.07, 6.45) is 1.68. The number of benzene rings is 1. The maximum atomic E-state index is 10.8. The number of ether oxygens (including phenoxy) is 2. The number of hydrogen-bond acceptors (Lipinski definition) is 5. The molecule has 118 valence electrons. The zero-order chi connectivity index (χ0) is 15.7. The van der Waals surface area contributed by atoms with Crippen LogP contribution >= 0.6 is 11.6 Å². The average molecular weight is 317 g/mol. The zero-order valence-corrected chi connectivity index (χ0v) is 12.8. The molecule has 0 heterocycles. The number of carbonyl (C=O) groups excluding carboxylic acids is 1. The quantitative estimate of drug-likeness (QED) is 0.561. The molecule has 0 saturated carbocycles. The second kappa shape index (κ2) is 9.44. The molecule has 0 radical (unpaired) electrons. The van der Waals surface area contributed by atoms with E-state index in [0.29, 0.717) is 23.1 Å². The van der Waals surface area contributed by atoms with Crippen molar-refractivity contribution in [3.63, 3.8) is 0 Å². The van der Waals surface area contributed by atoms with Crippen molar-refractivity contribution in [2.24, 2.45) is 5.73 Å². The van der Waals surface area contributed by atoms with E-state index >= 15 is 0 Å². The van der Waals surface area contributed by atoms with Gasteiger partial charge in [-0.25, -0.2) is 0 Å². The highest BCUT2D eigenvalue weighted by atomic mass is 35.5. The van der Waals surface area contributed by atoms with Crippen molar-refractivity contribution < 1.29 is 19.4 Å². The molecule has 1 amide bonds. The normalized spacial score (nSPS) is 10.4. The van der Waals surface area contributed by atoms with E-state index < -0.39 is 5.91 Å². The molecular weight excluding hydrogens is 296 g/mol. The van der Waals surface area contributed by atoms with E-state index in [9.17, 15) is 4.79 Å². The van der Waals surface area contributed by atoms with Gasteiger partial charge in [0.15, 0.2) is 18.1 Å². The summed E-state index contributed by atoms with van der Waals surface area (Å²) < 4.78 is 10.5. The molecule has 1 rings (SSSR count). The van der Waals surface area contributed by atoms with Crippen LogP contribution in [0.1, 0.15) is 18.4 Å². The number of primary amides is 1. The van der Waals surface area contributed by atoms with Crippen LogP contribution < -0.4 is 20.5 Å². The topological polar surface area (TPSA) is 93.8 Å². The Bertz CT molecular complexity index is 469. The Morgan fingerprint density at radius 1 is 1.43 bits per heavy atom. The fraction of sp³-hybridized carbons (Fsp3) is 0.500. The van der Waals surface area contributed by atoms with Gasteiger partial charge in [-0.3, -0.25) is 4.79 Å². The third-order valence-corrected chi connectivity index (χ3v) is 3.02. The molecule has 0 saturated heterocycles. The van der Waals surface area contributed by atoms with Gasteiger partial charge in [0.05, 0.1) is 12.1 Å². The summed E-state index contributed by atoms with van der Waals surface area (Å²) >= 11 is 6.14. The van der Waals surface area contributed by atoms with Crippen LogP contribution in [0.15, 0.2) is 12.1 Å². The number of rotatable bonds is 10. The molecule has 1 aromatic rings. The Morgan fingerprint density at radius 2 is 2.19 bits per heavy atom. The van der Waals surface area contributed by atoms with Gasteiger partial charge in [-0.2, -0.15) is 0 Å². The maximum absolute atomic E-state index is 10.8. The summed E-state index contributed by atoms with van der Waals surface area (Å²) in [4.78, 5) is 10.8. The molecule has 0 aliphatic heterocycles. The van der Waals surface area contributed by atoms with Gasteiger partial charge in [0.2, 0.25) is 0 Å². The van der Waals surface area contributed by atoms with Crippen molar-refractivity contribution in [1.29, 1.82) is 0 Å². The molecule has 0 spiro atoms. The first-order valence-electron chi connectivity index (χ1n) is 6.67. The van der Waals surface area contributed by atoms with E-state index in [0.717, 1.165) is 24.9 Å². The number of hydrogen-bond donors (Lipinski definition) is 3. The standard InChI is InChI=1S/C14H21ClN2O4/c1-20-12-7-10(8-17-4-2-3-5-18)6-11(15)14(12)21-9-13(16)19/h6-7,17-18H,2-5,8-9H2,1H3,(H2,16,19). The number of methoxy groups -OCH3 is 1. The monoisotopic (exact) mass is 316 g/mol. The van der Waals surface area contributed by atoms with Crippen molar-refractivity contribution >= 4 is 17.5 Å². The van der Waals surface area contributed by atoms with E-state index in [-0.39, 0.29) is 13.2 Å². The third kappa shape index (κ3) is 6.20. The van der Waals surface area contributed by atoms with Crippen molar-refractivity contribution in [2.45, 2.75) is 19.4 Å². The molecule has 0 aromatic heterocycles. The largest absolute Gasteiger partial charge is 0.493 e. The highest BCUT2D eigenvalue weighted by Crippen LogP contribution is 2.36. The maximum Gasteiger partial charge on any atom is 0.255 e. The van der Waals surface area contributed by atoms with E-state index in [1.807, 2.05) is 0 Å². The van der Waals surface area contributed by atoms with Crippen LogP contribution in [0.25, 0.3) is 0 Å².